The van der Waals surface area contributed by atoms with Gasteiger partial charge < -0.3 is 14.6 Å². The molecule has 1 aliphatic heterocycles. The Morgan fingerprint density at radius 3 is 2.24 bits per heavy atom. The summed E-state index contributed by atoms with van der Waals surface area (Å²) in [6.45, 7) is 2.37. The Morgan fingerprint density at radius 1 is 0.971 bits per heavy atom. The van der Waals surface area contributed by atoms with Gasteiger partial charge in [0.1, 0.15) is 17.3 Å². The highest BCUT2D eigenvalue weighted by Gasteiger charge is 2.47. The standard InChI is InChI=1S/C26H21Cl2NO5/c1-3-34-19-11-9-18(10-12-19)29-23(15-4-6-16(27)7-5-15)22(25(31)26(29)32)24(30)20-14-17(28)8-13-21(20)33-2/h4-14,23,30H,3H2,1-2H3/b24-22+. The number of methoxy groups -OCH3 is 1. The number of carbonyl (C=O) groups is 2. The van der Waals surface area contributed by atoms with E-state index < -0.39 is 17.7 Å². The van der Waals surface area contributed by atoms with Gasteiger partial charge in [0.05, 0.1) is 30.9 Å². The van der Waals surface area contributed by atoms with Gasteiger partial charge in [-0.05, 0) is 67.1 Å². The van der Waals surface area contributed by atoms with Crippen LogP contribution < -0.4 is 14.4 Å². The van der Waals surface area contributed by atoms with Gasteiger partial charge in [-0.2, -0.15) is 0 Å². The van der Waals surface area contributed by atoms with Crippen LogP contribution in [-0.4, -0.2) is 30.5 Å². The lowest BCUT2D eigenvalue weighted by atomic mass is 9.95. The zero-order valence-corrected chi connectivity index (χ0v) is 19.9. The molecule has 1 aliphatic rings. The van der Waals surface area contributed by atoms with Gasteiger partial charge in [0.15, 0.2) is 0 Å². The number of halogens is 2. The number of carbonyl (C=O) groups excluding carboxylic acids is 2. The maximum Gasteiger partial charge on any atom is 0.300 e. The highest BCUT2D eigenvalue weighted by Crippen LogP contribution is 2.44. The maximum absolute atomic E-state index is 13.3. The Labute approximate surface area is 206 Å². The van der Waals surface area contributed by atoms with E-state index in [4.69, 9.17) is 32.7 Å². The molecule has 0 aromatic heterocycles. The number of hydrogen-bond donors (Lipinski definition) is 1. The molecule has 1 N–H and O–H groups in total. The second kappa shape index (κ2) is 9.79. The SMILES string of the molecule is CCOc1ccc(N2C(=O)C(=O)/C(=C(/O)c3cc(Cl)ccc3OC)C2c2ccc(Cl)cc2)cc1. The number of ketones is 1. The number of benzene rings is 3. The predicted octanol–water partition coefficient (Wildman–Crippen LogP) is 6.03. The van der Waals surface area contributed by atoms with Crippen LogP contribution >= 0.6 is 23.2 Å². The summed E-state index contributed by atoms with van der Waals surface area (Å²) in [5.41, 5.74) is 1.20. The minimum atomic E-state index is -0.904. The van der Waals surface area contributed by atoms with Gasteiger partial charge in [0.2, 0.25) is 0 Å². The zero-order valence-electron chi connectivity index (χ0n) is 18.4. The average Bonchev–Trinajstić information content (AvgIpc) is 3.10. The van der Waals surface area contributed by atoms with Crippen LogP contribution in [0, 0.1) is 0 Å². The fourth-order valence-electron chi connectivity index (χ4n) is 3.94. The van der Waals surface area contributed by atoms with Crippen molar-refractivity contribution in [3.63, 3.8) is 0 Å². The summed E-state index contributed by atoms with van der Waals surface area (Å²) in [7, 11) is 1.44. The summed E-state index contributed by atoms with van der Waals surface area (Å²) in [6, 6.07) is 17.3. The van der Waals surface area contributed by atoms with Crippen LogP contribution in [0.5, 0.6) is 11.5 Å². The third kappa shape index (κ3) is 4.34. The molecule has 174 valence electrons. The number of aliphatic hydroxyl groups excluding tert-OH is 1. The molecule has 3 aromatic carbocycles. The van der Waals surface area contributed by atoms with Gasteiger partial charge in [-0.3, -0.25) is 14.5 Å². The normalized spacial score (nSPS) is 17.2. The summed E-state index contributed by atoms with van der Waals surface area (Å²) in [4.78, 5) is 27.9. The molecule has 0 saturated carbocycles. The molecule has 34 heavy (non-hydrogen) atoms. The second-order valence-corrected chi connectivity index (χ2v) is 8.37. The predicted molar refractivity (Wildman–Crippen MR) is 132 cm³/mol. The second-order valence-electron chi connectivity index (χ2n) is 7.49. The molecular formula is C26H21Cl2NO5. The average molecular weight is 498 g/mol. The van der Waals surface area contributed by atoms with E-state index in [9.17, 15) is 14.7 Å². The lowest BCUT2D eigenvalue weighted by Crippen LogP contribution is -2.29. The summed E-state index contributed by atoms with van der Waals surface area (Å²) < 4.78 is 10.8. The molecule has 3 aromatic rings. The topological polar surface area (TPSA) is 76.1 Å². The Hall–Kier alpha value is -3.48. The molecule has 1 heterocycles. The van der Waals surface area contributed by atoms with Crippen LogP contribution in [0.3, 0.4) is 0 Å². The molecule has 0 bridgehead atoms. The van der Waals surface area contributed by atoms with Crippen molar-refractivity contribution in [1.82, 2.24) is 0 Å². The number of nitrogens with zero attached hydrogens (tertiary/aromatic N) is 1. The molecular weight excluding hydrogens is 477 g/mol. The summed E-state index contributed by atoms with van der Waals surface area (Å²) in [5, 5.41) is 12.1. The van der Waals surface area contributed by atoms with Gasteiger partial charge >= 0.3 is 0 Å². The first-order chi connectivity index (χ1) is 16.3. The van der Waals surface area contributed by atoms with Gasteiger partial charge in [-0.25, -0.2) is 0 Å². The summed E-state index contributed by atoms with van der Waals surface area (Å²) >= 11 is 12.2. The summed E-state index contributed by atoms with van der Waals surface area (Å²) in [5.74, 6) is -1.04. The third-order valence-electron chi connectivity index (χ3n) is 5.47. The van der Waals surface area contributed by atoms with E-state index in [0.717, 1.165) is 0 Å². The van der Waals surface area contributed by atoms with Gasteiger partial charge in [-0.15, -0.1) is 0 Å². The van der Waals surface area contributed by atoms with Crippen molar-refractivity contribution in [2.45, 2.75) is 13.0 Å². The lowest BCUT2D eigenvalue weighted by molar-refractivity contribution is -0.132. The molecule has 1 atom stereocenters. The summed E-state index contributed by atoms with van der Waals surface area (Å²) in [6.07, 6.45) is 0. The highest BCUT2D eigenvalue weighted by atomic mass is 35.5. The number of amides is 1. The lowest BCUT2D eigenvalue weighted by Gasteiger charge is -2.25. The number of rotatable bonds is 6. The van der Waals surface area contributed by atoms with Crippen molar-refractivity contribution in [1.29, 1.82) is 0 Å². The molecule has 0 radical (unpaired) electrons. The smallest absolute Gasteiger partial charge is 0.300 e. The molecule has 8 heteroatoms. The number of ether oxygens (including phenoxy) is 2. The molecule has 1 amide bonds. The van der Waals surface area contributed by atoms with Gasteiger partial charge in [0.25, 0.3) is 11.7 Å². The Morgan fingerprint density at radius 2 is 1.62 bits per heavy atom. The first-order valence-electron chi connectivity index (χ1n) is 10.5. The van der Waals surface area contributed by atoms with Crippen LogP contribution in [0.15, 0.2) is 72.3 Å². The van der Waals surface area contributed by atoms with Crippen LogP contribution in [0.4, 0.5) is 5.69 Å². The number of anilines is 1. The van der Waals surface area contributed by atoms with Gasteiger partial charge in [0, 0.05) is 15.7 Å². The zero-order chi connectivity index (χ0) is 24.4. The minimum absolute atomic E-state index is 0.0817. The first kappa shape index (κ1) is 23.7. The fraction of sp³-hybridized carbons (Fsp3) is 0.154. The first-order valence-corrected chi connectivity index (χ1v) is 11.2. The number of hydrogen-bond acceptors (Lipinski definition) is 5. The Bertz CT molecular complexity index is 1270. The Kier molecular flexibility index (Phi) is 6.82. The van der Waals surface area contributed by atoms with E-state index in [1.54, 1.807) is 60.7 Å². The molecule has 1 unspecified atom stereocenters. The maximum atomic E-state index is 13.3. The molecule has 4 rings (SSSR count). The quantitative estimate of drug-likeness (QED) is 0.255. The van der Waals surface area contributed by atoms with Crippen LogP contribution in [-0.2, 0) is 9.59 Å². The van der Waals surface area contributed by atoms with E-state index in [-0.39, 0.29) is 16.9 Å². The van der Waals surface area contributed by atoms with Crippen molar-refractivity contribution in [2.75, 3.05) is 18.6 Å². The Balaban J connectivity index is 1.93. The van der Waals surface area contributed by atoms with Crippen molar-refractivity contribution < 1.29 is 24.2 Å². The van der Waals surface area contributed by atoms with E-state index in [0.29, 0.717) is 39.4 Å². The number of aliphatic hydroxyl groups is 1. The molecule has 1 fully saturated rings. The van der Waals surface area contributed by atoms with Crippen molar-refractivity contribution >= 4 is 46.3 Å². The molecule has 0 aliphatic carbocycles. The van der Waals surface area contributed by atoms with E-state index in [2.05, 4.69) is 0 Å². The van der Waals surface area contributed by atoms with Gasteiger partial charge in [-0.1, -0.05) is 35.3 Å². The highest BCUT2D eigenvalue weighted by molar-refractivity contribution is 6.51. The van der Waals surface area contributed by atoms with Crippen LogP contribution in [0.1, 0.15) is 24.1 Å². The van der Waals surface area contributed by atoms with Crippen molar-refractivity contribution in [2.24, 2.45) is 0 Å². The largest absolute Gasteiger partial charge is 0.507 e. The monoisotopic (exact) mass is 497 g/mol. The minimum Gasteiger partial charge on any atom is -0.507 e. The molecule has 0 spiro atoms. The van der Waals surface area contributed by atoms with E-state index in [1.165, 1.54) is 18.1 Å². The number of Topliss-reactive ketones (excluding diaryl/α,β-unsaturated/α-hetero) is 1. The van der Waals surface area contributed by atoms with Crippen molar-refractivity contribution in [3.8, 4) is 11.5 Å². The van der Waals surface area contributed by atoms with Crippen molar-refractivity contribution in [3.05, 3.63) is 93.5 Å². The van der Waals surface area contributed by atoms with E-state index >= 15 is 0 Å². The molecule has 1 saturated heterocycles. The van der Waals surface area contributed by atoms with Crippen LogP contribution in [0.2, 0.25) is 10.0 Å². The fourth-order valence-corrected chi connectivity index (χ4v) is 4.24. The third-order valence-corrected chi connectivity index (χ3v) is 5.96. The molecule has 6 nitrogen and oxygen atoms in total. The van der Waals surface area contributed by atoms with Crippen LogP contribution in [0.25, 0.3) is 5.76 Å². The van der Waals surface area contributed by atoms with E-state index in [1.807, 2.05) is 6.92 Å².